The van der Waals surface area contributed by atoms with Crippen LogP contribution in [-0.2, 0) is 23.0 Å². The van der Waals surface area contributed by atoms with E-state index in [0.717, 1.165) is 35.8 Å². The predicted molar refractivity (Wildman–Crippen MR) is 164 cm³/mol. The van der Waals surface area contributed by atoms with Gasteiger partial charge in [0.2, 0.25) is 10.0 Å². The highest BCUT2D eigenvalue weighted by Gasteiger charge is 2.23. The summed E-state index contributed by atoms with van der Waals surface area (Å²) in [4.78, 5) is 15.8. The molecule has 214 valence electrons. The van der Waals surface area contributed by atoms with Gasteiger partial charge >= 0.3 is 5.97 Å². The van der Waals surface area contributed by atoms with E-state index in [2.05, 4.69) is 34.6 Å². The van der Waals surface area contributed by atoms with E-state index in [4.69, 9.17) is 0 Å². The van der Waals surface area contributed by atoms with Crippen molar-refractivity contribution < 1.29 is 18.3 Å². The van der Waals surface area contributed by atoms with Gasteiger partial charge in [-0.1, -0.05) is 61.7 Å². The zero-order valence-electron chi connectivity index (χ0n) is 23.1. The largest absolute Gasteiger partial charge is 0.478 e. The molecule has 5 rings (SSSR count). The van der Waals surface area contributed by atoms with Gasteiger partial charge in [-0.05, 0) is 66.6 Å². The number of carboxylic acid groups (broad SMARTS) is 1. The summed E-state index contributed by atoms with van der Waals surface area (Å²) in [7, 11) is -2.39. The Labute approximate surface area is 245 Å². The average Bonchev–Trinajstić information content (AvgIpc) is 3.47. The molecule has 1 aromatic heterocycles. The van der Waals surface area contributed by atoms with Crippen molar-refractivity contribution in [1.82, 2.24) is 9.29 Å². The highest BCUT2D eigenvalue weighted by atomic mass is 32.2. The van der Waals surface area contributed by atoms with Gasteiger partial charge < -0.3 is 10.4 Å². The van der Waals surface area contributed by atoms with Gasteiger partial charge in [0.15, 0.2) is 0 Å². The molecule has 1 aliphatic carbocycles. The van der Waals surface area contributed by atoms with E-state index >= 15 is 0 Å². The molecule has 0 radical (unpaired) electrons. The van der Waals surface area contributed by atoms with Gasteiger partial charge in [0.1, 0.15) is 5.01 Å². The Hall–Kier alpha value is -3.53. The van der Waals surface area contributed by atoms with Gasteiger partial charge in [-0.2, -0.15) is 4.31 Å². The molecule has 9 heteroatoms. The Morgan fingerprint density at radius 2 is 1.76 bits per heavy atom. The standard InChI is InChI=1S/C32H35N3O4S2/c1-35(41(38,39)29-9-5-8-27(20-29)32(36)37)21-31-34-30(22-40-31)26-14-16-28(17-15-26)33-19-18-23-10-12-25(13-11-23)24-6-3-2-4-7-24/h5,8-17,20,22,24,33H,2-4,6-7,18-19,21H2,1H3,(H,36,37). The van der Waals surface area contributed by atoms with Gasteiger partial charge in [-0.15, -0.1) is 11.3 Å². The topological polar surface area (TPSA) is 99.6 Å². The number of rotatable bonds is 11. The zero-order valence-corrected chi connectivity index (χ0v) is 24.8. The van der Waals surface area contributed by atoms with Crippen LogP contribution in [0.15, 0.2) is 83.1 Å². The van der Waals surface area contributed by atoms with Crippen LogP contribution < -0.4 is 5.32 Å². The quantitative estimate of drug-likeness (QED) is 0.195. The zero-order chi connectivity index (χ0) is 28.8. The van der Waals surface area contributed by atoms with Crippen LogP contribution in [0.25, 0.3) is 11.3 Å². The highest BCUT2D eigenvalue weighted by molar-refractivity contribution is 7.89. The van der Waals surface area contributed by atoms with Crippen LogP contribution in [0.4, 0.5) is 5.69 Å². The monoisotopic (exact) mass is 589 g/mol. The van der Waals surface area contributed by atoms with Gasteiger partial charge in [0, 0.05) is 30.2 Å². The molecule has 0 atom stereocenters. The minimum Gasteiger partial charge on any atom is -0.478 e. The first-order valence-electron chi connectivity index (χ1n) is 14.0. The normalized spacial score (nSPS) is 14.3. The number of thiazole rings is 1. The lowest BCUT2D eigenvalue weighted by Crippen LogP contribution is -2.26. The summed E-state index contributed by atoms with van der Waals surface area (Å²) < 4.78 is 27.2. The molecule has 1 heterocycles. The van der Waals surface area contributed by atoms with Crippen LogP contribution in [0.3, 0.4) is 0 Å². The summed E-state index contributed by atoms with van der Waals surface area (Å²) in [5.41, 5.74) is 5.53. The van der Waals surface area contributed by atoms with Crippen molar-refractivity contribution in [2.75, 3.05) is 18.9 Å². The molecule has 41 heavy (non-hydrogen) atoms. The minimum absolute atomic E-state index is 0.0590. The summed E-state index contributed by atoms with van der Waals surface area (Å²) in [5, 5.41) is 15.3. The third kappa shape index (κ3) is 7.22. The maximum atomic E-state index is 13.0. The Bertz CT molecular complexity index is 1580. The lowest BCUT2D eigenvalue weighted by atomic mass is 9.84. The first kappa shape index (κ1) is 29.0. The molecule has 3 aromatic carbocycles. The maximum absolute atomic E-state index is 13.0. The molecule has 1 saturated carbocycles. The molecule has 0 amide bonds. The Kier molecular flexibility index (Phi) is 9.17. The van der Waals surface area contributed by atoms with Crippen molar-refractivity contribution in [3.05, 3.63) is 99.9 Å². The van der Waals surface area contributed by atoms with Crippen molar-refractivity contribution in [2.24, 2.45) is 0 Å². The predicted octanol–water partition coefficient (Wildman–Crippen LogP) is 7.03. The fourth-order valence-electron chi connectivity index (χ4n) is 5.26. The molecule has 2 N–H and O–H groups in total. The Morgan fingerprint density at radius 1 is 1.02 bits per heavy atom. The van der Waals surface area contributed by atoms with Crippen molar-refractivity contribution in [2.45, 2.75) is 55.9 Å². The minimum atomic E-state index is -3.86. The number of sulfonamides is 1. The van der Waals surface area contributed by atoms with E-state index in [1.165, 1.54) is 90.2 Å². The number of carbonyl (C=O) groups is 1. The number of benzene rings is 3. The average molecular weight is 590 g/mol. The summed E-state index contributed by atoms with van der Waals surface area (Å²) in [6.07, 6.45) is 7.69. The fourth-order valence-corrected chi connectivity index (χ4v) is 7.38. The van der Waals surface area contributed by atoms with Crippen molar-refractivity contribution in [1.29, 1.82) is 0 Å². The molecule has 4 aromatic rings. The van der Waals surface area contributed by atoms with Crippen LogP contribution in [0.1, 0.15) is 64.5 Å². The molecule has 0 aliphatic heterocycles. The Balaban J connectivity index is 1.14. The molecule has 0 saturated heterocycles. The summed E-state index contributed by atoms with van der Waals surface area (Å²) in [6, 6.07) is 22.6. The molecular weight excluding hydrogens is 555 g/mol. The number of nitrogens with one attached hydrogen (secondary N) is 1. The maximum Gasteiger partial charge on any atom is 0.335 e. The summed E-state index contributed by atoms with van der Waals surface area (Å²) in [5.74, 6) is -0.435. The fraction of sp³-hybridized carbons (Fsp3) is 0.312. The molecule has 7 nitrogen and oxygen atoms in total. The summed E-state index contributed by atoms with van der Waals surface area (Å²) >= 11 is 1.39. The molecule has 0 unspecified atom stereocenters. The lowest BCUT2D eigenvalue weighted by molar-refractivity contribution is 0.0696. The number of aromatic carboxylic acids is 1. The number of hydrogen-bond acceptors (Lipinski definition) is 6. The van der Waals surface area contributed by atoms with E-state index in [-0.39, 0.29) is 17.0 Å². The third-order valence-electron chi connectivity index (χ3n) is 7.68. The smallest absolute Gasteiger partial charge is 0.335 e. The second-order valence-electron chi connectivity index (χ2n) is 10.6. The second-order valence-corrected chi connectivity index (χ2v) is 13.5. The van der Waals surface area contributed by atoms with Gasteiger partial charge in [-0.3, -0.25) is 0 Å². The molecule has 1 fully saturated rings. The molecular formula is C32H35N3O4S2. The Morgan fingerprint density at radius 3 is 2.46 bits per heavy atom. The van der Waals surface area contributed by atoms with E-state index in [9.17, 15) is 18.3 Å². The van der Waals surface area contributed by atoms with E-state index in [1.807, 2.05) is 29.6 Å². The van der Waals surface area contributed by atoms with Gasteiger partial charge in [0.05, 0.1) is 22.7 Å². The summed E-state index contributed by atoms with van der Waals surface area (Å²) in [6.45, 7) is 0.935. The SMILES string of the molecule is CN(Cc1nc(-c2ccc(NCCc3ccc(C4CCCCC4)cc3)cc2)cs1)S(=O)(=O)c1cccc(C(=O)O)c1. The number of aromatic nitrogens is 1. The van der Waals surface area contributed by atoms with Crippen molar-refractivity contribution >= 4 is 33.0 Å². The molecule has 0 spiro atoms. The number of anilines is 1. The first-order valence-corrected chi connectivity index (χ1v) is 16.3. The van der Waals surface area contributed by atoms with Gasteiger partial charge in [-0.25, -0.2) is 18.2 Å². The highest BCUT2D eigenvalue weighted by Crippen LogP contribution is 2.32. The van der Waals surface area contributed by atoms with E-state index < -0.39 is 16.0 Å². The van der Waals surface area contributed by atoms with Crippen LogP contribution >= 0.6 is 11.3 Å². The van der Waals surface area contributed by atoms with Crippen LogP contribution in [0, 0.1) is 0 Å². The molecule has 0 bridgehead atoms. The van der Waals surface area contributed by atoms with Crippen molar-refractivity contribution in [3.63, 3.8) is 0 Å². The second kappa shape index (κ2) is 13.0. The number of hydrogen-bond donors (Lipinski definition) is 2. The van der Waals surface area contributed by atoms with Gasteiger partial charge in [0.25, 0.3) is 0 Å². The third-order valence-corrected chi connectivity index (χ3v) is 10.3. The first-order chi connectivity index (χ1) is 19.8. The van der Waals surface area contributed by atoms with Crippen LogP contribution in [0.2, 0.25) is 0 Å². The van der Waals surface area contributed by atoms with Crippen molar-refractivity contribution in [3.8, 4) is 11.3 Å². The van der Waals surface area contributed by atoms with E-state index in [1.54, 1.807) is 0 Å². The van der Waals surface area contributed by atoms with Crippen LogP contribution in [0.5, 0.6) is 0 Å². The number of carboxylic acids is 1. The molecule has 1 aliphatic rings. The van der Waals surface area contributed by atoms with Crippen LogP contribution in [-0.4, -0.2) is 42.4 Å². The van der Waals surface area contributed by atoms with E-state index in [0.29, 0.717) is 5.01 Å². The lowest BCUT2D eigenvalue weighted by Gasteiger charge is -2.22. The number of nitrogens with zero attached hydrogens (tertiary/aromatic N) is 2.